The monoisotopic (exact) mass is 292 g/mol. The van der Waals surface area contributed by atoms with Gasteiger partial charge in [-0.25, -0.2) is 9.67 Å². The molecular formula is C14H17ClN4O. The number of hydrogen-bond donors (Lipinski definition) is 1. The van der Waals surface area contributed by atoms with E-state index in [2.05, 4.69) is 22.3 Å². The van der Waals surface area contributed by atoms with Crippen molar-refractivity contribution in [3.8, 4) is 5.75 Å². The Bertz CT molecular complexity index is 611. The SMILES string of the molecule is CCNCc1ncn(Cc2cc(Cl)cc3c2OCC3)n1. The summed E-state index contributed by atoms with van der Waals surface area (Å²) in [4.78, 5) is 4.28. The summed E-state index contributed by atoms with van der Waals surface area (Å²) in [5.74, 6) is 1.75. The van der Waals surface area contributed by atoms with Gasteiger partial charge in [0.25, 0.3) is 0 Å². The molecule has 1 aliphatic rings. The van der Waals surface area contributed by atoms with Gasteiger partial charge in [0.05, 0.1) is 19.7 Å². The second kappa shape index (κ2) is 5.81. The third-order valence-corrected chi connectivity index (χ3v) is 3.49. The number of nitrogens with zero attached hydrogens (tertiary/aromatic N) is 3. The van der Waals surface area contributed by atoms with Gasteiger partial charge in [0, 0.05) is 17.0 Å². The fraction of sp³-hybridized carbons (Fsp3) is 0.429. The molecule has 2 aromatic rings. The minimum Gasteiger partial charge on any atom is -0.493 e. The van der Waals surface area contributed by atoms with Gasteiger partial charge in [-0.15, -0.1) is 0 Å². The fourth-order valence-electron chi connectivity index (χ4n) is 2.37. The lowest BCUT2D eigenvalue weighted by molar-refractivity contribution is 0.352. The van der Waals surface area contributed by atoms with Crippen molar-refractivity contribution in [3.63, 3.8) is 0 Å². The van der Waals surface area contributed by atoms with Crippen molar-refractivity contribution >= 4 is 11.6 Å². The van der Waals surface area contributed by atoms with Crippen molar-refractivity contribution in [2.45, 2.75) is 26.4 Å². The molecule has 5 nitrogen and oxygen atoms in total. The number of hydrogen-bond acceptors (Lipinski definition) is 4. The summed E-state index contributed by atoms with van der Waals surface area (Å²) in [5, 5.41) is 8.40. The van der Waals surface area contributed by atoms with Gasteiger partial charge in [0.1, 0.15) is 12.1 Å². The third kappa shape index (κ3) is 2.78. The van der Waals surface area contributed by atoms with Crippen LogP contribution in [-0.4, -0.2) is 27.9 Å². The predicted octanol–water partition coefficient (Wildman–Crippen LogP) is 2.02. The highest BCUT2D eigenvalue weighted by atomic mass is 35.5. The molecule has 0 spiro atoms. The number of ether oxygens (including phenoxy) is 1. The second-order valence-electron chi connectivity index (χ2n) is 4.79. The number of halogens is 1. The summed E-state index contributed by atoms with van der Waals surface area (Å²) in [5.41, 5.74) is 2.24. The van der Waals surface area contributed by atoms with Crippen molar-refractivity contribution in [3.05, 3.63) is 40.4 Å². The zero-order chi connectivity index (χ0) is 13.9. The summed E-state index contributed by atoms with van der Waals surface area (Å²) in [7, 11) is 0. The van der Waals surface area contributed by atoms with Crippen LogP contribution >= 0.6 is 11.6 Å². The first-order valence-corrected chi connectivity index (χ1v) is 7.17. The van der Waals surface area contributed by atoms with Crippen LogP contribution in [0.5, 0.6) is 5.75 Å². The zero-order valence-electron chi connectivity index (χ0n) is 11.4. The Morgan fingerprint density at radius 2 is 2.35 bits per heavy atom. The van der Waals surface area contributed by atoms with Crippen LogP contribution in [0.3, 0.4) is 0 Å². The van der Waals surface area contributed by atoms with Crippen molar-refractivity contribution in [1.29, 1.82) is 0 Å². The summed E-state index contributed by atoms with van der Waals surface area (Å²) < 4.78 is 7.52. The maximum absolute atomic E-state index is 6.16. The van der Waals surface area contributed by atoms with Crippen molar-refractivity contribution in [1.82, 2.24) is 20.1 Å². The molecule has 0 saturated heterocycles. The van der Waals surface area contributed by atoms with E-state index < -0.39 is 0 Å². The molecule has 1 aliphatic heterocycles. The lowest BCUT2D eigenvalue weighted by Crippen LogP contribution is -2.13. The molecule has 106 valence electrons. The molecule has 0 atom stereocenters. The fourth-order valence-corrected chi connectivity index (χ4v) is 2.63. The van der Waals surface area contributed by atoms with Crippen molar-refractivity contribution in [2.75, 3.05) is 13.2 Å². The van der Waals surface area contributed by atoms with E-state index in [1.54, 1.807) is 6.33 Å². The Kier molecular flexibility index (Phi) is 3.89. The van der Waals surface area contributed by atoms with E-state index in [1.165, 1.54) is 5.56 Å². The van der Waals surface area contributed by atoms with Gasteiger partial charge < -0.3 is 10.1 Å². The first kappa shape index (κ1) is 13.4. The molecule has 1 N–H and O–H groups in total. The van der Waals surface area contributed by atoms with E-state index in [9.17, 15) is 0 Å². The molecule has 20 heavy (non-hydrogen) atoms. The normalized spacial score (nSPS) is 13.3. The van der Waals surface area contributed by atoms with Gasteiger partial charge in [-0.3, -0.25) is 0 Å². The maximum Gasteiger partial charge on any atom is 0.164 e. The molecular weight excluding hydrogens is 276 g/mol. The third-order valence-electron chi connectivity index (χ3n) is 3.27. The molecule has 0 radical (unpaired) electrons. The van der Waals surface area contributed by atoms with Crippen molar-refractivity contribution < 1.29 is 4.74 Å². The van der Waals surface area contributed by atoms with E-state index in [0.717, 1.165) is 41.7 Å². The Balaban J connectivity index is 1.79. The topological polar surface area (TPSA) is 52.0 Å². The standard InChI is InChI=1S/C14H17ClN4O/c1-2-16-7-13-17-9-19(18-13)8-11-6-12(15)5-10-3-4-20-14(10)11/h5-6,9,16H,2-4,7-8H2,1H3. The quantitative estimate of drug-likeness (QED) is 0.916. The lowest BCUT2D eigenvalue weighted by Gasteiger charge is -2.08. The molecule has 0 aliphatic carbocycles. The van der Waals surface area contributed by atoms with E-state index >= 15 is 0 Å². The first-order chi connectivity index (χ1) is 9.76. The van der Waals surface area contributed by atoms with Gasteiger partial charge in [-0.05, 0) is 24.2 Å². The number of nitrogens with one attached hydrogen (secondary N) is 1. The smallest absolute Gasteiger partial charge is 0.164 e. The molecule has 0 saturated carbocycles. The van der Waals surface area contributed by atoms with Crippen LogP contribution in [0.4, 0.5) is 0 Å². The first-order valence-electron chi connectivity index (χ1n) is 6.79. The van der Waals surface area contributed by atoms with Crippen molar-refractivity contribution in [2.24, 2.45) is 0 Å². The minimum absolute atomic E-state index is 0.627. The number of rotatable bonds is 5. The Morgan fingerprint density at radius 3 is 3.20 bits per heavy atom. The summed E-state index contributed by atoms with van der Waals surface area (Å²) in [6, 6.07) is 3.92. The van der Waals surface area contributed by atoms with E-state index in [0.29, 0.717) is 13.1 Å². The Labute approximate surface area is 122 Å². The number of benzene rings is 1. The Morgan fingerprint density at radius 1 is 1.45 bits per heavy atom. The maximum atomic E-state index is 6.16. The van der Waals surface area contributed by atoms with Crippen LogP contribution in [0.2, 0.25) is 5.02 Å². The van der Waals surface area contributed by atoms with Crippen LogP contribution in [0.25, 0.3) is 0 Å². The highest BCUT2D eigenvalue weighted by molar-refractivity contribution is 6.30. The Hall–Kier alpha value is -1.59. The molecule has 0 fully saturated rings. The van der Waals surface area contributed by atoms with E-state index in [1.807, 2.05) is 16.8 Å². The minimum atomic E-state index is 0.627. The van der Waals surface area contributed by atoms with Gasteiger partial charge >= 0.3 is 0 Å². The molecule has 1 aromatic carbocycles. The van der Waals surface area contributed by atoms with Crippen LogP contribution in [0.15, 0.2) is 18.5 Å². The molecule has 1 aromatic heterocycles. The van der Waals surface area contributed by atoms with Crippen LogP contribution in [0.1, 0.15) is 23.9 Å². The highest BCUT2D eigenvalue weighted by Gasteiger charge is 2.18. The predicted molar refractivity (Wildman–Crippen MR) is 77.2 cm³/mol. The molecule has 0 unspecified atom stereocenters. The zero-order valence-corrected chi connectivity index (χ0v) is 12.2. The van der Waals surface area contributed by atoms with Gasteiger partial charge in [0.2, 0.25) is 0 Å². The molecule has 0 amide bonds. The van der Waals surface area contributed by atoms with Gasteiger partial charge in [-0.1, -0.05) is 18.5 Å². The second-order valence-corrected chi connectivity index (χ2v) is 5.23. The average molecular weight is 293 g/mol. The van der Waals surface area contributed by atoms with Gasteiger partial charge in [-0.2, -0.15) is 5.10 Å². The molecule has 6 heteroatoms. The van der Waals surface area contributed by atoms with Crippen LogP contribution in [-0.2, 0) is 19.5 Å². The van der Waals surface area contributed by atoms with Crippen LogP contribution in [0, 0.1) is 0 Å². The largest absolute Gasteiger partial charge is 0.493 e. The van der Waals surface area contributed by atoms with E-state index in [-0.39, 0.29) is 0 Å². The van der Waals surface area contributed by atoms with E-state index in [4.69, 9.17) is 16.3 Å². The highest BCUT2D eigenvalue weighted by Crippen LogP contribution is 2.33. The van der Waals surface area contributed by atoms with Gasteiger partial charge in [0.15, 0.2) is 5.82 Å². The molecule has 3 rings (SSSR count). The number of aromatic nitrogens is 3. The van der Waals surface area contributed by atoms with Crippen LogP contribution < -0.4 is 10.1 Å². The molecule has 0 bridgehead atoms. The number of fused-ring (bicyclic) bond motifs is 1. The summed E-state index contributed by atoms with van der Waals surface area (Å²) in [6.07, 6.45) is 2.67. The summed E-state index contributed by atoms with van der Waals surface area (Å²) in [6.45, 7) is 5.01. The average Bonchev–Trinajstić information content (AvgIpc) is 3.05. The molecule has 2 heterocycles. The lowest BCUT2D eigenvalue weighted by atomic mass is 10.1. The summed E-state index contributed by atoms with van der Waals surface area (Å²) >= 11 is 6.16.